The second-order valence-electron chi connectivity index (χ2n) is 5.03. The van der Waals surface area contributed by atoms with Crippen molar-refractivity contribution in [3.05, 3.63) is 10.4 Å². The van der Waals surface area contributed by atoms with E-state index in [9.17, 15) is 0 Å². The first-order valence-corrected chi connectivity index (χ1v) is 8.16. The molecule has 7 heteroatoms. The van der Waals surface area contributed by atoms with Gasteiger partial charge < -0.3 is 5.73 Å². The van der Waals surface area contributed by atoms with E-state index >= 15 is 0 Å². The predicted octanol–water partition coefficient (Wildman–Crippen LogP) is 2.48. The summed E-state index contributed by atoms with van der Waals surface area (Å²) in [5.41, 5.74) is 6.50. The van der Waals surface area contributed by atoms with Gasteiger partial charge in [-0.15, -0.1) is 21.5 Å². The highest BCUT2D eigenvalue weighted by Crippen LogP contribution is 2.27. The Bertz CT molecular complexity index is 542. The molecular formula is C12H17N5S2. The molecule has 0 spiro atoms. The monoisotopic (exact) mass is 295 g/mol. The van der Waals surface area contributed by atoms with Gasteiger partial charge in [-0.3, -0.25) is 4.90 Å². The standard InChI is InChI=1S/C12H17N5S2/c1-8-2-4-17(5-3-8)6-10-14-9(7-18-10)11-15-16-12(13)19-11/h7-8H,2-6H2,1H3,(H2,13,16). The minimum atomic E-state index is 0.495. The van der Waals surface area contributed by atoms with Gasteiger partial charge in [0.25, 0.3) is 0 Å². The highest BCUT2D eigenvalue weighted by molar-refractivity contribution is 7.18. The smallest absolute Gasteiger partial charge is 0.203 e. The second-order valence-corrected chi connectivity index (χ2v) is 6.98. The first kappa shape index (κ1) is 13.0. The van der Waals surface area contributed by atoms with Crippen LogP contribution in [0.4, 0.5) is 5.13 Å². The van der Waals surface area contributed by atoms with Gasteiger partial charge in [0, 0.05) is 5.38 Å². The van der Waals surface area contributed by atoms with Gasteiger partial charge in [0.1, 0.15) is 10.7 Å². The summed E-state index contributed by atoms with van der Waals surface area (Å²) in [6.07, 6.45) is 2.59. The van der Waals surface area contributed by atoms with Crippen molar-refractivity contribution in [3.63, 3.8) is 0 Å². The summed E-state index contributed by atoms with van der Waals surface area (Å²) in [7, 11) is 0. The lowest BCUT2D eigenvalue weighted by Gasteiger charge is -2.29. The Morgan fingerprint density at radius 1 is 1.37 bits per heavy atom. The van der Waals surface area contributed by atoms with E-state index in [2.05, 4.69) is 27.0 Å². The van der Waals surface area contributed by atoms with Gasteiger partial charge in [0.05, 0.1) is 6.54 Å². The van der Waals surface area contributed by atoms with Crippen LogP contribution in [0.3, 0.4) is 0 Å². The fourth-order valence-corrected chi connectivity index (χ4v) is 3.70. The van der Waals surface area contributed by atoms with E-state index in [1.807, 2.05) is 5.38 Å². The summed E-state index contributed by atoms with van der Waals surface area (Å²) in [4.78, 5) is 7.12. The summed E-state index contributed by atoms with van der Waals surface area (Å²) in [6.45, 7) is 5.65. The van der Waals surface area contributed by atoms with E-state index in [0.717, 1.165) is 28.2 Å². The third-order valence-electron chi connectivity index (χ3n) is 3.45. The van der Waals surface area contributed by atoms with E-state index in [-0.39, 0.29) is 0 Å². The van der Waals surface area contributed by atoms with E-state index in [1.165, 1.54) is 37.3 Å². The van der Waals surface area contributed by atoms with Crippen LogP contribution in [-0.2, 0) is 6.54 Å². The zero-order valence-electron chi connectivity index (χ0n) is 10.9. The van der Waals surface area contributed by atoms with E-state index in [1.54, 1.807) is 11.3 Å². The summed E-state index contributed by atoms with van der Waals surface area (Å²) in [6, 6.07) is 0. The second kappa shape index (κ2) is 5.52. The van der Waals surface area contributed by atoms with Crippen LogP contribution in [0.2, 0.25) is 0 Å². The Labute approximate surface area is 120 Å². The number of hydrogen-bond acceptors (Lipinski definition) is 7. The Kier molecular flexibility index (Phi) is 3.76. The normalized spacial score (nSPS) is 17.9. The molecule has 0 aromatic carbocycles. The maximum absolute atomic E-state index is 5.60. The summed E-state index contributed by atoms with van der Waals surface area (Å²) in [5, 5.41) is 12.4. The number of hydrogen-bond donors (Lipinski definition) is 1. The highest BCUT2D eigenvalue weighted by atomic mass is 32.1. The molecule has 0 saturated carbocycles. The molecule has 1 aliphatic rings. The minimum Gasteiger partial charge on any atom is -0.374 e. The average molecular weight is 295 g/mol. The number of anilines is 1. The molecule has 0 bridgehead atoms. The molecule has 102 valence electrons. The van der Waals surface area contributed by atoms with Crippen molar-refractivity contribution in [2.75, 3.05) is 18.8 Å². The van der Waals surface area contributed by atoms with E-state index in [4.69, 9.17) is 5.73 Å². The first-order chi connectivity index (χ1) is 9.20. The molecular weight excluding hydrogens is 278 g/mol. The maximum Gasteiger partial charge on any atom is 0.203 e. The molecule has 19 heavy (non-hydrogen) atoms. The topological polar surface area (TPSA) is 67.9 Å². The number of nitrogen functional groups attached to an aromatic ring is 1. The van der Waals surface area contributed by atoms with Gasteiger partial charge in [0.15, 0.2) is 5.01 Å². The van der Waals surface area contributed by atoms with Crippen molar-refractivity contribution < 1.29 is 0 Å². The molecule has 0 aliphatic carbocycles. The van der Waals surface area contributed by atoms with Crippen LogP contribution in [-0.4, -0.2) is 33.2 Å². The van der Waals surface area contributed by atoms with Crippen LogP contribution < -0.4 is 5.73 Å². The molecule has 0 atom stereocenters. The fourth-order valence-electron chi connectivity index (χ4n) is 2.23. The van der Waals surface area contributed by atoms with Crippen molar-refractivity contribution in [2.24, 2.45) is 5.92 Å². The number of nitrogens with two attached hydrogens (primary N) is 1. The molecule has 1 saturated heterocycles. The zero-order valence-corrected chi connectivity index (χ0v) is 12.5. The average Bonchev–Trinajstić information content (AvgIpc) is 3.01. The van der Waals surface area contributed by atoms with Crippen molar-refractivity contribution in [1.29, 1.82) is 0 Å². The van der Waals surface area contributed by atoms with Crippen molar-refractivity contribution >= 4 is 27.8 Å². The van der Waals surface area contributed by atoms with Gasteiger partial charge in [-0.1, -0.05) is 18.3 Å². The number of thiazole rings is 1. The molecule has 0 unspecified atom stereocenters. The third kappa shape index (κ3) is 3.10. The Morgan fingerprint density at radius 3 is 2.84 bits per heavy atom. The van der Waals surface area contributed by atoms with Gasteiger partial charge in [0.2, 0.25) is 5.13 Å². The fraction of sp³-hybridized carbons (Fsp3) is 0.583. The molecule has 1 aliphatic heterocycles. The van der Waals surface area contributed by atoms with Crippen LogP contribution in [0.5, 0.6) is 0 Å². The number of likely N-dealkylation sites (tertiary alicyclic amines) is 1. The lowest BCUT2D eigenvalue weighted by molar-refractivity contribution is 0.185. The third-order valence-corrected chi connectivity index (χ3v) is 5.06. The highest BCUT2D eigenvalue weighted by Gasteiger charge is 2.17. The van der Waals surface area contributed by atoms with E-state index < -0.39 is 0 Å². The molecule has 2 aromatic heterocycles. The summed E-state index contributed by atoms with van der Waals surface area (Å²) >= 11 is 3.08. The number of aromatic nitrogens is 3. The van der Waals surface area contributed by atoms with Crippen LogP contribution in [0.15, 0.2) is 5.38 Å². The van der Waals surface area contributed by atoms with Crippen LogP contribution >= 0.6 is 22.7 Å². The van der Waals surface area contributed by atoms with Gasteiger partial charge in [-0.05, 0) is 31.8 Å². The quantitative estimate of drug-likeness (QED) is 0.942. The minimum absolute atomic E-state index is 0.495. The molecule has 1 fully saturated rings. The zero-order chi connectivity index (χ0) is 13.2. The number of nitrogens with zero attached hydrogens (tertiary/aromatic N) is 4. The summed E-state index contributed by atoms with van der Waals surface area (Å²) in [5.74, 6) is 0.868. The maximum atomic E-state index is 5.60. The molecule has 2 aromatic rings. The summed E-state index contributed by atoms with van der Waals surface area (Å²) < 4.78 is 0. The first-order valence-electron chi connectivity index (χ1n) is 6.47. The van der Waals surface area contributed by atoms with Gasteiger partial charge in [-0.2, -0.15) is 0 Å². The van der Waals surface area contributed by atoms with Crippen LogP contribution in [0, 0.1) is 5.92 Å². The van der Waals surface area contributed by atoms with Crippen molar-refractivity contribution in [3.8, 4) is 10.7 Å². The molecule has 0 amide bonds. The van der Waals surface area contributed by atoms with Gasteiger partial charge >= 0.3 is 0 Å². The van der Waals surface area contributed by atoms with Gasteiger partial charge in [-0.25, -0.2) is 4.98 Å². The van der Waals surface area contributed by atoms with Crippen LogP contribution in [0.25, 0.3) is 10.7 Å². The molecule has 2 N–H and O–H groups in total. The Morgan fingerprint density at radius 2 is 2.16 bits per heavy atom. The van der Waals surface area contributed by atoms with Crippen molar-refractivity contribution in [2.45, 2.75) is 26.3 Å². The van der Waals surface area contributed by atoms with Crippen molar-refractivity contribution in [1.82, 2.24) is 20.1 Å². The number of rotatable bonds is 3. The molecule has 5 nitrogen and oxygen atoms in total. The molecule has 3 rings (SSSR count). The molecule has 3 heterocycles. The Hall–Kier alpha value is -1.05. The molecule has 0 radical (unpaired) electrons. The van der Waals surface area contributed by atoms with E-state index in [0.29, 0.717) is 5.13 Å². The number of piperidine rings is 1. The van der Waals surface area contributed by atoms with Crippen LogP contribution in [0.1, 0.15) is 24.8 Å². The largest absolute Gasteiger partial charge is 0.374 e. The SMILES string of the molecule is CC1CCN(Cc2nc(-c3nnc(N)s3)cs2)CC1. The Balaban J connectivity index is 1.65. The lowest BCUT2D eigenvalue weighted by Crippen LogP contribution is -2.32. The lowest BCUT2D eigenvalue weighted by atomic mass is 9.99. The predicted molar refractivity (Wildman–Crippen MR) is 79.1 cm³/mol.